The average molecular weight is 523 g/mol. The Morgan fingerprint density at radius 1 is 1.05 bits per heavy atom. The standard InChI is InChI=1S/C25H26N6O5S/c1-15-9-11-18(12-10-15)24-28-29-25(31(24)21-19(32)7-6-8-20(21)35-4)30-37(33,34)17(3)22(36-5)23-26-13-16(2)14-27-23/h6-9,11,13-14,17,22,32H,1-5H3,(H,29,30)/t17-,22-/m0/s1. The lowest BCUT2D eigenvalue weighted by Gasteiger charge is -2.22. The van der Waals surface area contributed by atoms with Crippen molar-refractivity contribution in [3.05, 3.63) is 71.8 Å². The number of nitrogens with zero attached hydrogens (tertiary/aromatic N) is 5. The summed E-state index contributed by atoms with van der Waals surface area (Å²) in [5.41, 5.74) is 2.31. The predicted octanol–water partition coefficient (Wildman–Crippen LogP) is 3.17. The summed E-state index contributed by atoms with van der Waals surface area (Å²) >= 11 is 0. The lowest BCUT2D eigenvalue weighted by molar-refractivity contribution is 0.0949. The molecule has 2 aromatic heterocycles. The first-order valence-corrected chi connectivity index (χ1v) is 12.8. The Labute approximate surface area is 215 Å². The van der Waals surface area contributed by atoms with Crippen molar-refractivity contribution in [2.24, 2.45) is 0 Å². The van der Waals surface area contributed by atoms with E-state index in [1.807, 2.05) is 19.9 Å². The van der Waals surface area contributed by atoms with Crippen LogP contribution in [0.25, 0.3) is 17.1 Å². The van der Waals surface area contributed by atoms with Crippen LogP contribution in [0.2, 0.25) is 0 Å². The quantitative estimate of drug-likeness (QED) is 0.339. The Kier molecular flexibility index (Phi) is 7.28. The van der Waals surface area contributed by atoms with Crippen LogP contribution in [0.3, 0.4) is 0 Å². The number of anilines is 1. The average Bonchev–Trinajstić information content (AvgIpc) is 3.27. The maximum atomic E-state index is 13.5. The molecule has 0 spiro atoms. The second-order valence-corrected chi connectivity index (χ2v) is 10.4. The molecule has 4 aromatic rings. The van der Waals surface area contributed by atoms with Gasteiger partial charge in [-0.15, -0.1) is 10.2 Å². The van der Waals surface area contributed by atoms with Crippen LogP contribution in [0.4, 0.5) is 5.95 Å². The first-order valence-electron chi connectivity index (χ1n) is 11.2. The summed E-state index contributed by atoms with van der Waals surface area (Å²) in [6.07, 6.45) is 2.21. The zero-order valence-electron chi connectivity index (χ0n) is 20.9. The summed E-state index contributed by atoms with van der Waals surface area (Å²) in [4.78, 5) is 8.45. The summed E-state index contributed by atoms with van der Waals surface area (Å²) in [5, 5.41) is 17.9. The summed E-state index contributed by atoms with van der Waals surface area (Å²) in [5.74, 6) is 0.364. The number of ether oxygens (including phenoxy) is 2. The third-order valence-electron chi connectivity index (χ3n) is 5.68. The highest BCUT2D eigenvalue weighted by atomic mass is 32.2. The Balaban J connectivity index is 1.81. The highest BCUT2D eigenvalue weighted by Crippen LogP contribution is 2.37. The number of aromatic nitrogens is 5. The number of phenols is 1. The number of hydrogen-bond donors (Lipinski definition) is 2. The van der Waals surface area contributed by atoms with Gasteiger partial charge in [0.25, 0.3) is 0 Å². The van der Waals surface area contributed by atoms with Crippen molar-refractivity contribution in [1.82, 2.24) is 24.7 Å². The van der Waals surface area contributed by atoms with Crippen molar-refractivity contribution < 1.29 is 23.0 Å². The van der Waals surface area contributed by atoms with E-state index in [2.05, 4.69) is 37.0 Å². The zero-order valence-corrected chi connectivity index (χ0v) is 21.7. The van der Waals surface area contributed by atoms with Gasteiger partial charge in [0.2, 0.25) is 16.0 Å². The van der Waals surface area contributed by atoms with E-state index >= 15 is 0 Å². The van der Waals surface area contributed by atoms with Crippen LogP contribution < -0.4 is 9.46 Å². The Bertz CT molecular complexity index is 1490. The van der Waals surface area contributed by atoms with Crippen molar-refractivity contribution >= 4 is 16.0 Å². The lowest BCUT2D eigenvalue weighted by Crippen LogP contribution is -2.33. The van der Waals surface area contributed by atoms with Crippen LogP contribution in [-0.4, -0.2) is 57.7 Å². The number of phenolic OH excluding ortho intramolecular Hbond substituents is 1. The van der Waals surface area contributed by atoms with E-state index in [1.165, 1.54) is 31.8 Å². The number of sulfonamides is 1. The lowest BCUT2D eigenvalue weighted by atomic mass is 10.2. The molecule has 2 heterocycles. The molecule has 0 saturated heterocycles. The van der Waals surface area contributed by atoms with E-state index in [4.69, 9.17) is 9.47 Å². The van der Waals surface area contributed by atoms with Gasteiger partial charge in [0.1, 0.15) is 28.5 Å². The van der Waals surface area contributed by atoms with Crippen molar-refractivity contribution in [2.75, 3.05) is 18.9 Å². The smallest absolute Gasteiger partial charge is 0.243 e. The highest BCUT2D eigenvalue weighted by Gasteiger charge is 2.35. The predicted molar refractivity (Wildman–Crippen MR) is 136 cm³/mol. The molecule has 0 saturated carbocycles. The maximum Gasteiger partial charge on any atom is 0.243 e. The second-order valence-electron chi connectivity index (χ2n) is 8.32. The van der Waals surface area contributed by atoms with Gasteiger partial charge < -0.3 is 14.6 Å². The Morgan fingerprint density at radius 2 is 1.78 bits per heavy atom. The summed E-state index contributed by atoms with van der Waals surface area (Å²) in [6.45, 7) is 5.17. The van der Waals surface area contributed by atoms with Crippen molar-refractivity contribution in [3.8, 4) is 28.6 Å². The second kappa shape index (κ2) is 10.4. The zero-order chi connectivity index (χ0) is 26.7. The molecule has 37 heavy (non-hydrogen) atoms. The minimum absolute atomic E-state index is 0.148. The highest BCUT2D eigenvalue weighted by molar-refractivity contribution is 7.93. The molecule has 0 aliphatic heterocycles. The van der Waals surface area contributed by atoms with E-state index < -0.39 is 21.4 Å². The van der Waals surface area contributed by atoms with Crippen LogP contribution >= 0.6 is 0 Å². The molecule has 11 nitrogen and oxygen atoms in total. The van der Waals surface area contributed by atoms with Gasteiger partial charge in [0.15, 0.2) is 11.6 Å². The first kappa shape index (κ1) is 25.9. The van der Waals surface area contributed by atoms with Crippen molar-refractivity contribution in [2.45, 2.75) is 32.1 Å². The number of aromatic hydroxyl groups is 1. The van der Waals surface area contributed by atoms with Gasteiger partial charge in [-0.05, 0) is 56.2 Å². The molecular formula is C25H26N6O5S. The molecule has 192 valence electrons. The third-order valence-corrected chi connectivity index (χ3v) is 7.37. The van der Waals surface area contributed by atoms with Gasteiger partial charge in [0.05, 0.1) is 12.7 Å². The normalized spacial score (nSPS) is 13.0. The van der Waals surface area contributed by atoms with E-state index in [9.17, 15) is 13.5 Å². The van der Waals surface area contributed by atoms with E-state index in [0.717, 1.165) is 11.1 Å². The molecule has 2 atom stereocenters. The van der Waals surface area contributed by atoms with Gasteiger partial charge in [-0.2, -0.15) is 0 Å². The minimum Gasteiger partial charge on any atom is -0.506 e. The number of benzene rings is 1. The molecule has 12 heteroatoms. The molecule has 0 aliphatic carbocycles. The van der Waals surface area contributed by atoms with Gasteiger partial charge in [-0.25, -0.2) is 18.4 Å². The fourth-order valence-electron chi connectivity index (χ4n) is 3.66. The Hall–Kier alpha value is -4.21. The molecule has 0 amide bonds. The monoisotopic (exact) mass is 522 g/mol. The summed E-state index contributed by atoms with van der Waals surface area (Å²) < 4.78 is 41.8. The summed E-state index contributed by atoms with van der Waals surface area (Å²) in [6, 6.07) is 14.2. The number of rotatable bonds is 9. The number of para-hydroxylation sites is 1. The fraction of sp³-hybridized carbons (Fsp3) is 0.280. The van der Waals surface area contributed by atoms with E-state index in [0.29, 0.717) is 5.56 Å². The molecule has 4 rings (SSSR count). The Morgan fingerprint density at radius 3 is 2.41 bits per heavy atom. The van der Waals surface area contributed by atoms with Crippen molar-refractivity contribution in [1.29, 1.82) is 0 Å². The topological polar surface area (TPSA) is 141 Å². The molecule has 0 aliphatic rings. The molecule has 2 aromatic carbocycles. The van der Waals surface area contributed by atoms with Crippen LogP contribution in [-0.2, 0) is 14.8 Å². The van der Waals surface area contributed by atoms with Crippen LogP contribution in [0, 0.1) is 26.0 Å². The van der Waals surface area contributed by atoms with Gasteiger partial charge in [-0.1, -0.05) is 18.2 Å². The van der Waals surface area contributed by atoms with Crippen LogP contribution in [0.15, 0.2) is 42.7 Å². The van der Waals surface area contributed by atoms with Gasteiger partial charge in [-0.3, -0.25) is 9.29 Å². The molecule has 0 radical (unpaired) electrons. The van der Waals surface area contributed by atoms with Crippen LogP contribution in [0.1, 0.15) is 30.0 Å². The molecule has 2 N–H and O–H groups in total. The first-order chi connectivity index (χ1) is 17.7. The minimum atomic E-state index is -4.14. The molecular weight excluding hydrogens is 496 g/mol. The van der Waals surface area contributed by atoms with E-state index in [1.54, 1.807) is 30.6 Å². The van der Waals surface area contributed by atoms with Crippen molar-refractivity contribution in [3.63, 3.8) is 0 Å². The molecule has 0 bridgehead atoms. The third kappa shape index (κ3) is 5.18. The van der Waals surface area contributed by atoms with Crippen LogP contribution in [0.5, 0.6) is 11.5 Å². The largest absolute Gasteiger partial charge is 0.506 e. The maximum absolute atomic E-state index is 13.5. The number of aryl methyl sites for hydroxylation is 2. The molecule has 0 fully saturated rings. The number of nitrogens with one attached hydrogen (secondary N) is 1. The van der Waals surface area contributed by atoms with Gasteiger partial charge in [0, 0.05) is 19.5 Å². The number of methoxy groups -OCH3 is 2. The number of hydrogen-bond acceptors (Lipinski definition) is 9. The summed E-state index contributed by atoms with van der Waals surface area (Å²) in [7, 11) is -1.32. The molecule has 0 unspecified atom stereocenters. The fourth-order valence-corrected chi connectivity index (χ4v) is 4.80. The SMILES string of the molecule is COc1cccc(O)c1-n1c(NS(=O)(=O)[C@@H](C)[C@H](OC)c2ncc(C)cn2)nnc1-c1c#cc(C)cc1. The van der Waals surface area contributed by atoms with Gasteiger partial charge >= 0.3 is 0 Å². The van der Waals surface area contributed by atoms with E-state index in [-0.39, 0.29) is 34.8 Å².